The fraction of sp³-hybridized carbons (Fsp3) is 0.647. The average molecular weight is 318 g/mol. The Morgan fingerprint density at radius 3 is 2.55 bits per heavy atom. The number of hydrogen-bond acceptors (Lipinski definition) is 5. The van der Waals surface area contributed by atoms with Gasteiger partial charge in [0, 0.05) is 37.1 Å². The molecule has 0 N–H and O–H groups in total. The molecular weight excluding hydrogens is 292 g/mol. The first-order valence-corrected chi connectivity index (χ1v) is 8.98. The van der Waals surface area contributed by atoms with Gasteiger partial charge in [0.15, 0.2) is 0 Å². The molecule has 0 atom stereocenters. The number of thiophene rings is 1. The van der Waals surface area contributed by atoms with Gasteiger partial charge >= 0.3 is 0 Å². The normalized spacial score (nSPS) is 17.5. The molecule has 1 saturated heterocycles. The largest absolute Gasteiger partial charge is 0.356 e. The molecule has 5 heteroatoms. The van der Waals surface area contributed by atoms with Crippen LogP contribution in [-0.4, -0.2) is 47.1 Å². The van der Waals surface area contributed by atoms with Gasteiger partial charge in [0.25, 0.3) is 0 Å². The molecule has 22 heavy (non-hydrogen) atoms. The van der Waals surface area contributed by atoms with E-state index < -0.39 is 0 Å². The van der Waals surface area contributed by atoms with Crippen molar-refractivity contribution in [3.05, 3.63) is 16.8 Å². The fourth-order valence-electron chi connectivity index (χ4n) is 3.39. The number of rotatable bonds is 3. The molecule has 0 aliphatic carbocycles. The van der Waals surface area contributed by atoms with Gasteiger partial charge in [-0.25, -0.2) is 9.97 Å². The van der Waals surface area contributed by atoms with Gasteiger partial charge in [0.1, 0.15) is 17.0 Å². The highest BCUT2D eigenvalue weighted by molar-refractivity contribution is 7.18. The zero-order valence-corrected chi connectivity index (χ0v) is 15.1. The lowest BCUT2D eigenvalue weighted by Crippen LogP contribution is -2.46. The molecule has 3 heterocycles. The van der Waals surface area contributed by atoms with Crippen molar-refractivity contribution < 1.29 is 0 Å². The minimum atomic E-state index is 0.577. The highest BCUT2D eigenvalue weighted by Gasteiger charge is 2.26. The topological polar surface area (TPSA) is 32.3 Å². The molecule has 3 rings (SSSR count). The number of piperidine rings is 1. The molecule has 2 aromatic heterocycles. The van der Waals surface area contributed by atoms with Crippen LogP contribution in [0, 0.1) is 13.8 Å². The third kappa shape index (κ3) is 2.72. The molecule has 0 radical (unpaired) electrons. The summed E-state index contributed by atoms with van der Waals surface area (Å²) in [4.78, 5) is 16.5. The predicted octanol–water partition coefficient (Wildman–Crippen LogP) is 3.62. The van der Waals surface area contributed by atoms with Crippen LogP contribution in [0.25, 0.3) is 10.2 Å². The van der Waals surface area contributed by atoms with Crippen molar-refractivity contribution in [1.29, 1.82) is 0 Å². The summed E-state index contributed by atoms with van der Waals surface area (Å²) in [5.74, 6) is 1.11. The van der Waals surface area contributed by atoms with Gasteiger partial charge in [0.05, 0.1) is 5.39 Å². The lowest BCUT2D eigenvalue weighted by Gasteiger charge is -2.39. The van der Waals surface area contributed by atoms with E-state index in [4.69, 9.17) is 0 Å². The number of hydrogen-bond donors (Lipinski definition) is 0. The Morgan fingerprint density at radius 2 is 1.91 bits per heavy atom. The first-order chi connectivity index (χ1) is 10.5. The average Bonchev–Trinajstić information content (AvgIpc) is 2.81. The third-order valence-corrected chi connectivity index (χ3v) is 6.17. The van der Waals surface area contributed by atoms with E-state index in [0.717, 1.165) is 10.6 Å². The highest BCUT2D eigenvalue weighted by atomic mass is 32.1. The van der Waals surface area contributed by atoms with Crippen molar-refractivity contribution in [1.82, 2.24) is 14.9 Å². The lowest BCUT2D eigenvalue weighted by atomic mass is 10.0. The van der Waals surface area contributed by atoms with E-state index in [-0.39, 0.29) is 0 Å². The minimum Gasteiger partial charge on any atom is -0.356 e. The first kappa shape index (κ1) is 15.7. The molecule has 0 amide bonds. The Kier molecular flexibility index (Phi) is 4.37. The second kappa shape index (κ2) is 6.13. The summed E-state index contributed by atoms with van der Waals surface area (Å²) in [7, 11) is 2.20. The Labute approximate surface area is 137 Å². The van der Waals surface area contributed by atoms with Crippen molar-refractivity contribution in [3.8, 4) is 0 Å². The molecule has 0 unspecified atom stereocenters. The molecule has 1 aliphatic heterocycles. The van der Waals surface area contributed by atoms with Gasteiger partial charge in [-0.2, -0.15) is 0 Å². The van der Waals surface area contributed by atoms with Crippen LogP contribution in [0.3, 0.4) is 0 Å². The number of nitrogens with zero attached hydrogens (tertiary/aromatic N) is 4. The van der Waals surface area contributed by atoms with Gasteiger partial charge in [-0.1, -0.05) is 0 Å². The summed E-state index contributed by atoms with van der Waals surface area (Å²) < 4.78 is 0. The van der Waals surface area contributed by atoms with Crippen LogP contribution in [-0.2, 0) is 0 Å². The Morgan fingerprint density at radius 1 is 1.23 bits per heavy atom. The van der Waals surface area contributed by atoms with E-state index in [2.05, 4.69) is 54.5 Å². The summed E-state index contributed by atoms with van der Waals surface area (Å²) in [5.41, 5.74) is 1.34. The Hall–Kier alpha value is -1.20. The Bertz CT molecular complexity index is 656. The standard InChI is InChI=1S/C17H26N4S/c1-11(2)21-8-6-14(7-9-21)20(5)16-15-12(3)13(4)22-17(15)19-10-18-16/h10-11,14H,6-9H2,1-5H3. The molecule has 1 fully saturated rings. The van der Waals surface area contributed by atoms with Crippen molar-refractivity contribution in [3.63, 3.8) is 0 Å². The molecule has 0 bridgehead atoms. The summed E-state index contributed by atoms with van der Waals surface area (Å²) in [5, 5.41) is 1.25. The maximum atomic E-state index is 4.62. The number of aromatic nitrogens is 2. The van der Waals surface area contributed by atoms with Crippen LogP contribution in [0.2, 0.25) is 0 Å². The van der Waals surface area contributed by atoms with Gasteiger partial charge in [0.2, 0.25) is 0 Å². The highest BCUT2D eigenvalue weighted by Crippen LogP contribution is 2.35. The molecule has 120 valence electrons. The van der Waals surface area contributed by atoms with Crippen molar-refractivity contribution in [2.75, 3.05) is 25.0 Å². The van der Waals surface area contributed by atoms with E-state index >= 15 is 0 Å². The maximum Gasteiger partial charge on any atom is 0.141 e. The third-order valence-electron chi connectivity index (χ3n) is 5.06. The zero-order valence-electron chi connectivity index (χ0n) is 14.3. The smallest absolute Gasteiger partial charge is 0.141 e. The molecule has 0 saturated carbocycles. The van der Waals surface area contributed by atoms with Gasteiger partial charge in [-0.15, -0.1) is 11.3 Å². The molecule has 2 aromatic rings. The van der Waals surface area contributed by atoms with Crippen LogP contribution in [0.1, 0.15) is 37.1 Å². The van der Waals surface area contributed by atoms with Crippen molar-refractivity contribution in [2.45, 2.75) is 52.6 Å². The van der Waals surface area contributed by atoms with Crippen LogP contribution in [0.4, 0.5) is 5.82 Å². The van der Waals surface area contributed by atoms with E-state index in [0.29, 0.717) is 12.1 Å². The van der Waals surface area contributed by atoms with Crippen LogP contribution in [0.15, 0.2) is 6.33 Å². The zero-order chi connectivity index (χ0) is 15.9. The van der Waals surface area contributed by atoms with Crippen LogP contribution < -0.4 is 4.90 Å². The number of aryl methyl sites for hydroxylation is 2. The second-order valence-electron chi connectivity index (χ2n) is 6.63. The summed E-state index contributed by atoms with van der Waals surface area (Å²) in [6.45, 7) is 11.3. The molecular formula is C17H26N4S. The monoisotopic (exact) mass is 318 g/mol. The quantitative estimate of drug-likeness (QED) is 0.865. The van der Waals surface area contributed by atoms with Crippen LogP contribution in [0.5, 0.6) is 0 Å². The van der Waals surface area contributed by atoms with E-state index in [1.165, 1.54) is 41.8 Å². The molecule has 4 nitrogen and oxygen atoms in total. The summed E-state index contributed by atoms with van der Waals surface area (Å²) in [6, 6.07) is 1.23. The first-order valence-electron chi connectivity index (χ1n) is 8.16. The van der Waals surface area contributed by atoms with Crippen molar-refractivity contribution >= 4 is 27.4 Å². The van der Waals surface area contributed by atoms with E-state index in [9.17, 15) is 0 Å². The Balaban J connectivity index is 1.86. The van der Waals surface area contributed by atoms with E-state index in [1.54, 1.807) is 17.7 Å². The number of likely N-dealkylation sites (tertiary alicyclic amines) is 1. The minimum absolute atomic E-state index is 0.577. The van der Waals surface area contributed by atoms with Gasteiger partial charge in [-0.05, 0) is 46.1 Å². The van der Waals surface area contributed by atoms with Crippen molar-refractivity contribution in [2.24, 2.45) is 0 Å². The van der Waals surface area contributed by atoms with Crippen LogP contribution >= 0.6 is 11.3 Å². The predicted molar refractivity (Wildman–Crippen MR) is 95.0 cm³/mol. The number of fused-ring (bicyclic) bond motifs is 1. The van der Waals surface area contributed by atoms with Gasteiger partial charge < -0.3 is 9.80 Å². The van der Waals surface area contributed by atoms with Gasteiger partial charge in [-0.3, -0.25) is 0 Å². The SMILES string of the molecule is Cc1sc2ncnc(N(C)C3CCN(C(C)C)CC3)c2c1C. The fourth-order valence-corrected chi connectivity index (χ4v) is 4.39. The molecule has 1 aliphatic rings. The molecule has 0 aromatic carbocycles. The lowest BCUT2D eigenvalue weighted by molar-refractivity contribution is 0.171. The molecule has 0 spiro atoms. The summed E-state index contributed by atoms with van der Waals surface area (Å²) in [6.07, 6.45) is 4.14. The second-order valence-corrected chi connectivity index (χ2v) is 7.84. The van der Waals surface area contributed by atoms with E-state index in [1.807, 2.05) is 0 Å². The maximum absolute atomic E-state index is 4.62. The number of anilines is 1. The summed E-state index contributed by atoms with van der Waals surface area (Å²) >= 11 is 1.78.